The van der Waals surface area contributed by atoms with E-state index in [0.29, 0.717) is 0 Å². The standard InChI is InChI=1S/C12H10N2O2S/c1-8-6-9(2-4-13-8)17-10-3-5-14-11(7-10)12(15)16/h2-7H,1H3,(H,15,16). The van der Waals surface area contributed by atoms with Gasteiger partial charge < -0.3 is 5.11 Å². The molecule has 0 bridgehead atoms. The molecule has 2 rings (SSSR count). The van der Waals surface area contributed by atoms with Gasteiger partial charge >= 0.3 is 5.97 Å². The summed E-state index contributed by atoms with van der Waals surface area (Å²) in [5.74, 6) is -1.02. The minimum Gasteiger partial charge on any atom is -0.477 e. The van der Waals surface area contributed by atoms with Crippen molar-refractivity contribution in [1.82, 2.24) is 9.97 Å². The molecule has 5 heteroatoms. The second kappa shape index (κ2) is 4.97. The van der Waals surface area contributed by atoms with Crippen LogP contribution in [0.5, 0.6) is 0 Å². The van der Waals surface area contributed by atoms with Crippen molar-refractivity contribution in [2.24, 2.45) is 0 Å². The average Bonchev–Trinajstić information content (AvgIpc) is 2.29. The topological polar surface area (TPSA) is 63.1 Å². The van der Waals surface area contributed by atoms with Crippen molar-refractivity contribution in [3.63, 3.8) is 0 Å². The van der Waals surface area contributed by atoms with Crippen LogP contribution in [0.25, 0.3) is 0 Å². The van der Waals surface area contributed by atoms with E-state index in [1.54, 1.807) is 18.3 Å². The lowest BCUT2D eigenvalue weighted by atomic mass is 10.3. The van der Waals surface area contributed by atoms with Crippen LogP contribution in [0, 0.1) is 6.92 Å². The van der Waals surface area contributed by atoms with E-state index in [4.69, 9.17) is 5.11 Å². The quantitative estimate of drug-likeness (QED) is 0.902. The molecule has 0 aliphatic carbocycles. The summed E-state index contributed by atoms with van der Waals surface area (Å²) in [6, 6.07) is 7.18. The molecular weight excluding hydrogens is 236 g/mol. The second-order valence-corrected chi connectivity index (χ2v) is 4.56. The van der Waals surface area contributed by atoms with Crippen molar-refractivity contribution in [2.45, 2.75) is 16.7 Å². The average molecular weight is 246 g/mol. The first-order valence-electron chi connectivity index (χ1n) is 4.95. The Balaban J connectivity index is 2.24. The Morgan fingerprint density at radius 3 is 2.47 bits per heavy atom. The van der Waals surface area contributed by atoms with Crippen LogP contribution in [0.15, 0.2) is 46.5 Å². The van der Waals surface area contributed by atoms with E-state index in [-0.39, 0.29) is 5.69 Å². The highest BCUT2D eigenvalue weighted by atomic mass is 32.2. The van der Waals surface area contributed by atoms with Gasteiger partial charge in [0.2, 0.25) is 0 Å². The van der Waals surface area contributed by atoms with Crippen molar-refractivity contribution in [1.29, 1.82) is 0 Å². The van der Waals surface area contributed by atoms with Gasteiger partial charge in [0.15, 0.2) is 0 Å². The summed E-state index contributed by atoms with van der Waals surface area (Å²) in [6.45, 7) is 1.92. The number of nitrogens with zero attached hydrogens (tertiary/aromatic N) is 2. The summed E-state index contributed by atoms with van der Waals surface area (Å²) < 4.78 is 0. The third-order valence-corrected chi connectivity index (χ3v) is 3.03. The van der Waals surface area contributed by atoms with Gasteiger partial charge in [-0.25, -0.2) is 9.78 Å². The summed E-state index contributed by atoms with van der Waals surface area (Å²) in [5.41, 5.74) is 0.989. The number of hydrogen-bond donors (Lipinski definition) is 1. The molecule has 2 aromatic rings. The number of aromatic nitrogens is 2. The van der Waals surface area contributed by atoms with E-state index < -0.39 is 5.97 Å². The summed E-state index contributed by atoms with van der Waals surface area (Å²) in [5, 5.41) is 8.84. The molecule has 0 fully saturated rings. The number of hydrogen-bond acceptors (Lipinski definition) is 4. The Bertz CT molecular complexity index is 558. The van der Waals surface area contributed by atoms with E-state index in [9.17, 15) is 4.79 Å². The van der Waals surface area contributed by atoms with Crippen LogP contribution in [-0.2, 0) is 0 Å². The Morgan fingerprint density at radius 1 is 1.18 bits per heavy atom. The number of aryl methyl sites for hydroxylation is 1. The third kappa shape index (κ3) is 3.04. The molecule has 2 heterocycles. The summed E-state index contributed by atoms with van der Waals surface area (Å²) in [6.07, 6.45) is 3.23. The molecular formula is C12H10N2O2S. The van der Waals surface area contributed by atoms with Crippen molar-refractivity contribution in [3.8, 4) is 0 Å². The van der Waals surface area contributed by atoms with E-state index in [1.807, 2.05) is 19.1 Å². The first-order valence-corrected chi connectivity index (χ1v) is 5.76. The molecule has 4 nitrogen and oxygen atoms in total. The van der Waals surface area contributed by atoms with Crippen molar-refractivity contribution >= 4 is 17.7 Å². The first kappa shape index (κ1) is 11.6. The number of aromatic carboxylic acids is 1. The number of carboxylic acid groups (broad SMARTS) is 1. The van der Waals surface area contributed by atoms with Crippen LogP contribution < -0.4 is 0 Å². The molecule has 0 saturated carbocycles. The number of pyridine rings is 2. The molecule has 0 unspecified atom stereocenters. The lowest BCUT2D eigenvalue weighted by molar-refractivity contribution is 0.0690. The van der Waals surface area contributed by atoms with Gasteiger partial charge in [-0.15, -0.1) is 0 Å². The first-order chi connectivity index (χ1) is 8.15. The highest BCUT2D eigenvalue weighted by molar-refractivity contribution is 7.99. The van der Waals surface area contributed by atoms with Gasteiger partial charge in [0, 0.05) is 27.9 Å². The largest absolute Gasteiger partial charge is 0.477 e. The van der Waals surface area contributed by atoms with E-state index in [0.717, 1.165) is 15.5 Å². The Hall–Kier alpha value is -1.88. The van der Waals surface area contributed by atoms with Gasteiger partial charge in [-0.1, -0.05) is 11.8 Å². The minimum atomic E-state index is -1.02. The van der Waals surface area contributed by atoms with Crippen LogP contribution in [0.3, 0.4) is 0 Å². The normalized spacial score (nSPS) is 10.2. The van der Waals surface area contributed by atoms with Gasteiger partial charge in [-0.05, 0) is 31.2 Å². The fraction of sp³-hybridized carbons (Fsp3) is 0.0833. The molecule has 2 aromatic heterocycles. The molecule has 86 valence electrons. The predicted molar refractivity (Wildman–Crippen MR) is 64.3 cm³/mol. The molecule has 0 radical (unpaired) electrons. The lowest BCUT2D eigenvalue weighted by Crippen LogP contribution is -1.99. The van der Waals surface area contributed by atoms with E-state index in [1.165, 1.54) is 18.0 Å². The van der Waals surface area contributed by atoms with Crippen molar-refractivity contribution < 1.29 is 9.90 Å². The smallest absolute Gasteiger partial charge is 0.354 e. The Morgan fingerprint density at radius 2 is 1.82 bits per heavy atom. The van der Waals surface area contributed by atoms with E-state index >= 15 is 0 Å². The maximum Gasteiger partial charge on any atom is 0.354 e. The van der Waals surface area contributed by atoms with Crippen molar-refractivity contribution in [2.75, 3.05) is 0 Å². The molecule has 0 spiro atoms. The van der Waals surface area contributed by atoms with Crippen LogP contribution in [0.4, 0.5) is 0 Å². The Labute approximate surface area is 103 Å². The minimum absolute atomic E-state index is 0.0563. The van der Waals surface area contributed by atoms with Gasteiger partial charge in [-0.3, -0.25) is 4.98 Å². The third-order valence-electron chi connectivity index (χ3n) is 2.05. The number of carboxylic acids is 1. The lowest BCUT2D eigenvalue weighted by Gasteiger charge is -2.02. The number of carbonyl (C=O) groups is 1. The number of rotatable bonds is 3. The SMILES string of the molecule is Cc1cc(Sc2ccnc(C(=O)O)c2)ccn1. The monoisotopic (exact) mass is 246 g/mol. The molecule has 0 aliphatic rings. The van der Waals surface area contributed by atoms with Gasteiger partial charge in [-0.2, -0.15) is 0 Å². The maximum absolute atomic E-state index is 10.8. The molecule has 0 atom stereocenters. The summed E-state index contributed by atoms with van der Waals surface area (Å²) in [7, 11) is 0. The van der Waals surface area contributed by atoms with Gasteiger partial charge in [0.1, 0.15) is 5.69 Å². The fourth-order valence-electron chi connectivity index (χ4n) is 1.31. The predicted octanol–water partition coefficient (Wildman–Crippen LogP) is 2.63. The molecule has 0 aliphatic heterocycles. The van der Waals surface area contributed by atoms with E-state index in [2.05, 4.69) is 9.97 Å². The zero-order valence-electron chi connectivity index (χ0n) is 9.12. The van der Waals surface area contributed by atoms with Crippen LogP contribution in [0.1, 0.15) is 16.2 Å². The zero-order valence-corrected chi connectivity index (χ0v) is 9.94. The molecule has 1 N–H and O–H groups in total. The molecule has 17 heavy (non-hydrogen) atoms. The molecule has 0 aromatic carbocycles. The van der Waals surface area contributed by atoms with Crippen LogP contribution >= 0.6 is 11.8 Å². The Kier molecular flexibility index (Phi) is 3.39. The summed E-state index contributed by atoms with van der Waals surface area (Å²) >= 11 is 1.49. The van der Waals surface area contributed by atoms with Gasteiger partial charge in [0.25, 0.3) is 0 Å². The highest BCUT2D eigenvalue weighted by Crippen LogP contribution is 2.27. The molecule has 0 amide bonds. The summed E-state index contributed by atoms with van der Waals surface area (Å²) in [4.78, 5) is 20.5. The zero-order chi connectivity index (χ0) is 12.3. The second-order valence-electron chi connectivity index (χ2n) is 3.42. The van der Waals surface area contributed by atoms with Crippen LogP contribution in [0.2, 0.25) is 0 Å². The highest BCUT2D eigenvalue weighted by Gasteiger charge is 2.06. The maximum atomic E-state index is 10.8. The fourth-order valence-corrected chi connectivity index (χ4v) is 2.24. The van der Waals surface area contributed by atoms with Gasteiger partial charge in [0.05, 0.1) is 0 Å². The van der Waals surface area contributed by atoms with Crippen molar-refractivity contribution in [3.05, 3.63) is 48.0 Å². The van der Waals surface area contributed by atoms with Crippen LogP contribution in [-0.4, -0.2) is 21.0 Å². The molecule has 0 saturated heterocycles.